The van der Waals surface area contributed by atoms with Crippen LogP contribution in [0.25, 0.3) is 0 Å². The fourth-order valence-corrected chi connectivity index (χ4v) is 1.37. The summed E-state index contributed by atoms with van der Waals surface area (Å²) in [5, 5.41) is 0. The van der Waals surface area contributed by atoms with E-state index < -0.39 is 0 Å². The fourth-order valence-electron chi connectivity index (χ4n) is 1.37. The number of likely N-dealkylation sites (tertiary alicyclic amines) is 1. The molecule has 0 aromatic carbocycles. The van der Waals surface area contributed by atoms with Crippen molar-refractivity contribution in [2.45, 2.75) is 32.1 Å². The van der Waals surface area contributed by atoms with Crippen molar-refractivity contribution in [2.24, 2.45) is 0 Å². The largest absolute Gasteiger partial charge is 0.320 e. The molecule has 1 amide bonds. The van der Waals surface area contributed by atoms with Crippen molar-refractivity contribution < 1.29 is 4.79 Å². The van der Waals surface area contributed by atoms with Crippen molar-refractivity contribution in [3.05, 3.63) is 12.8 Å². The second-order valence-corrected chi connectivity index (χ2v) is 2.93. The van der Waals surface area contributed by atoms with Gasteiger partial charge in [-0.3, -0.25) is 4.79 Å². The molecule has 0 aromatic rings. The van der Waals surface area contributed by atoms with Crippen LogP contribution < -0.4 is 0 Å². The van der Waals surface area contributed by atoms with Crippen LogP contribution in [-0.2, 0) is 4.79 Å². The highest BCUT2D eigenvalue weighted by atomic mass is 16.2. The van der Waals surface area contributed by atoms with E-state index in [2.05, 4.69) is 6.58 Å². The van der Waals surface area contributed by atoms with Gasteiger partial charge in [0.15, 0.2) is 0 Å². The molecule has 1 fully saturated rings. The second-order valence-electron chi connectivity index (χ2n) is 2.93. The quantitative estimate of drug-likeness (QED) is 0.563. The first kappa shape index (κ1) is 8.31. The molecule has 11 heavy (non-hydrogen) atoms. The molecule has 0 aromatic heterocycles. The molecular formula is C9H15NO. The van der Waals surface area contributed by atoms with E-state index in [1.165, 1.54) is 12.8 Å². The van der Waals surface area contributed by atoms with Gasteiger partial charge in [0.1, 0.15) is 0 Å². The first-order valence-electron chi connectivity index (χ1n) is 4.26. The van der Waals surface area contributed by atoms with Crippen LogP contribution in [0.5, 0.6) is 0 Å². The summed E-state index contributed by atoms with van der Waals surface area (Å²) < 4.78 is 0. The summed E-state index contributed by atoms with van der Waals surface area (Å²) in [4.78, 5) is 13.0. The van der Waals surface area contributed by atoms with Crippen LogP contribution in [0.3, 0.4) is 0 Å². The normalized spacial score (nSPS) is 20.7. The Bertz CT molecular complexity index is 154. The third-order valence-corrected chi connectivity index (χ3v) is 2.08. The maximum atomic E-state index is 11.3. The molecule has 1 heterocycles. The number of carbonyl (C=O) groups excluding carboxylic acids is 1. The van der Waals surface area contributed by atoms with Crippen molar-refractivity contribution in [3.8, 4) is 0 Å². The molecule has 1 saturated heterocycles. The van der Waals surface area contributed by atoms with Crippen LogP contribution in [0.4, 0.5) is 0 Å². The Morgan fingerprint density at radius 3 is 2.73 bits per heavy atom. The molecule has 0 N–H and O–H groups in total. The Labute approximate surface area is 67.9 Å². The van der Waals surface area contributed by atoms with Gasteiger partial charge in [-0.05, 0) is 19.0 Å². The van der Waals surface area contributed by atoms with E-state index in [0.717, 1.165) is 19.4 Å². The number of hydrogen-bond acceptors (Lipinski definition) is 1. The second kappa shape index (κ2) is 4.16. The molecule has 0 unspecified atom stereocenters. The standard InChI is InChI=1S/C9H15NO/c1-2-10-8-6-4-3-5-7-9(10)11/h2H,1,3-8H2. The molecule has 2 heteroatoms. The predicted molar refractivity (Wildman–Crippen MR) is 45.0 cm³/mol. The topological polar surface area (TPSA) is 20.3 Å². The SMILES string of the molecule is C=CN1CCCCCCC1=O. The summed E-state index contributed by atoms with van der Waals surface area (Å²) in [5.41, 5.74) is 0. The van der Waals surface area contributed by atoms with Gasteiger partial charge >= 0.3 is 0 Å². The monoisotopic (exact) mass is 153 g/mol. The number of rotatable bonds is 1. The van der Waals surface area contributed by atoms with E-state index in [0.29, 0.717) is 6.42 Å². The molecule has 1 aliphatic heterocycles. The Balaban J connectivity index is 2.45. The number of hydrogen-bond donors (Lipinski definition) is 0. The average molecular weight is 153 g/mol. The highest BCUT2D eigenvalue weighted by Crippen LogP contribution is 2.11. The van der Waals surface area contributed by atoms with Crippen LogP contribution in [-0.4, -0.2) is 17.4 Å². The third-order valence-electron chi connectivity index (χ3n) is 2.08. The summed E-state index contributed by atoms with van der Waals surface area (Å²) >= 11 is 0. The van der Waals surface area contributed by atoms with Gasteiger partial charge in [-0.15, -0.1) is 0 Å². The van der Waals surface area contributed by atoms with E-state index in [1.54, 1.807) is 11.1 Å². The third kappa shape index (κ3) is 2.37. The smallest absolute Gasteiger partial charge is 0.226 e. The van der Waals surface area contributed by atoms with E-state index in [1.807, 2.05) is 0 Å². The Kier molecular flexibility index (Phi) is 3.14. The summed E-state index contributed by atoms with van der Waals surface area (Å²) in [6.07, 6.45) is 6.97. The summed E-state index contributed by atoms with van der Waals surface area (Å²) in [7, 11) is 0. The lowest BCUT2D eigenvalue weighted by Crippen LogP contribution is -2.27. The van der Waals surface area contributed by atoms with Crippen molar-refractivity contribution in [2.75, 3.05) is 6.54 Å². The Morgan fingerprint density at radius 2 is 2.00 bits per heavy atom. The van der Waals surface area contributed by atoms with Gasteiger partial charge in [0.2, 0.25) is 5.91 Å². The van der Waals surface area contributed by atoms with Gasteiger partial charge in [-0.25, -0.2) is 0 Å². The van der Waals surface area contributed by atoms with Gasteiger partial charge in [-0.1, -0.05) is 19.4 Å². The van der Waals surface area contributed by atoms with E-state index in [-0.39, 0.29) is 5.91 Å². The highest BCUT2D eigenvalue weighted by molar-refractivity contribution is 5.77. The van der Waals surface area contributed by atoms with Crippen LogP contribution in [0.15, 0.2) is 12.8 Å². The van der Waals surface area contributed by atoms with E-state index in [4.69, 9.17) is 0 Å². The van der Waals surface area contributed by atoms with Gasteiger partial charge < -0.3 is 4.90 Å². The number of amides is 1. The highest BCUT2D eigenvalue weighted by Gasteiger charge is 2.11. The zero-order chi connectivity index (χ0) is 8.10. The lowest BCUT2D eigenvalue weighted by Gasteiger charge is -2.20. The lowest BCUT2D eigenvalue weighted by molar-refractivity contribution is -0.129. The van der Waals surface area contributed by atoms with Crippen molar-refractivity contribution >= 4 is 5.91 Å². The predicted octanol–water partition coefficient (Wildman–Crippen LogP) is 1.92. The molecule has 2 nitrogen and oxygen atoms in total. The fraction of sp³-hybridized carbons (Fsp3) is 0.667. The molecule has 0 radical (unpaired) electrons. The summed E-state index contributed by atoms with van der Waals surface area (Å²) in [6.45, 7) is 4.48. The first-order chi connectivity index (χ1) is 5.34. The zero-order valence-corrected chi connectivity index (χ0v) is 6.88. The molecule has 0 bridgehead atoms. The van der Waals surface area contributed by atoms with Gasteiger partial charge in [0.25, 0.3) is 0 Å². The Morgan fingerprint density at radius 1 is 1.27 bits per heavy atom. The molecule has 0 saturated carbocycles. The molecule has 1 aliphatic rings. The van der Waals surface area contributed by atoms with Crippen LogP contribution >= 0.6 is 0 Å². The number of nitrogens with zero attached hydrogens (tertiary/aromatic N) is 1. The van der Waals surface area contributed by atoms with Crippen LogP contribution in [0, 0.1) is 0 Å². The van der Waals surface area contributed by atoms with Gasteiger partial charge in [-0.2, -0.15) is 0 Å². The van der Waals surface area contributed by atoms with Crippen molar-refractivity contribution in [1.29, 1.82) is 0 Å². The van der Waals surface area contributed by atoms with Crippen LogP contribution in [0.1, 0.15) is 32.1 Å². The maximum absolute atomic E-state index is 11.3. The van der Waals surface area contributed by atoms with E-state index >= 15 is 0 Å². The minimum Gasteiger partial charge on any atom is -0.320 e. The minimum atomic E-state index is 0.236. The average Bonchev–Trinajstić information content (AvgIpc) is 1.98. The lowest BCUT2D eigenvalue weighted by atomic mass is 10.1. The molecule has 0 atom stereocenters. The van der Waals surface area contributed by atoms with Crippen LogP contribution in [0.2, 0.25) is 0 Å². The van der Waals surface area contributed by atoms with Gasteiger partial charge in [0.05, 0.1) is 0 Å². The molecule has 62 valence electrons. The summed E-state index contributed by atoms with van der Waals surface area (Å²) in [5.74, 6) is 0.236. The summed E-state index contributed by atoms with van der Waals surface area (Å²) in [6, 6.07) is 0. The minimum absolute atomic E-state index is 0.236. The Hall–Kier alpha value is -0.790. The van der Waals surface area contributed by atoms with Crippen molar-refractivity contribution in [3.63, 3.8) is 0 Å². The number of carbonyl (C=O) groups is 1. The molecule has 1 rings (SSSR count). The first-order valence-corrected chi connectivity index (χ1v) is 4.26. The zero-order valence-electron chi connectivity index (χ0n) is 6.88. The molecular weight excluding hydrogens is 138 g/mol. The maximum Gasteiger partial charge on any atom is 0.226 e. The van der Waals surface area contributed by atoms with E-state index in [9.17, 15) is 4.79 Å². The van der Waals surface area contributed by atoms with Gasteiger partial charge in [0, 0.05) is 13.0 Å². The van der Waals surface area contributed by atoms with Crippen molar-refractivity contribution in [1.82, 2.24) is 4.90 Å². The molecule has 0 spiro atoms. The molecule has 0 aliphatic carbocycles.